The Balaban J connectivity index is 0.00000385. The predicted octanol–water partition coefficient (Wildman–Crippen LogP) is 3.65. The summed E-state index contributed by atoms with van der Waals surface area (Å²) in [5.74, 6) is -0.179. The molecule has 1 heterocycles. The van der Waals surface area contributed by atoms with Crippen molar-refractivity contribution >= 4 is 42.5 Å². The first-order valence-electron chi connectivity index (χ1n) is 10.2. The second-order valence-corrected chi connectivity index (χ2v) is 8.29. The molecule has 0 aliphatic rings. The van der Waals surface area contributed by atoms with E-state index in [2.05, 4.69) is 10.3 Å². The summed E-state index contributed by atoms with van der Waals surface area (Å²) in [4.78, 5) is 28.5. The van der Waals surface area contributed by atoms with Crippen molar-refractivity contribution in [3.05, 3.63) is 77.5 Å². The summed E-state index contributed by atoms with van der Waals surface area (Å²) < 4.78 is 10.9. The van der Waals surface area contributed by atoms with E-state index in [1.54, 1.807) is 24.0 Å². The monoisotopic (exact) mass is 462 g/mol. The molecule has 3 rings (SSSR count). The molecule has 0 bridgehead atoms. The number of hydrogen-bond acceptors (Lipinski definition) is 6. The van der Waals surface area contributed by atoms with Gasteiger partial charge < -0.3 is 19.6 Å². The molecule has 9 heteroatoms. The van der Waals surface area contributed by atoms with Crippen LogP contribution in [0.3, 0.4) is 0 Å². The number of benzene rings is 2. The van der Waals surface area contributed by atoms with E-state index in [4.69, 9.17) is 9.15 Å². The van der Waals surface area contributed by atoms with Gasteiger partial charge in [-0.3, -0.25) is 4.79 Å². The number of amides is 1. The molecule has 0 aliphatic heterocycles. The van der Waals surface area contributed by atoms with Gasteiger partial charge >= 0.3 is 24.8 Å². The summed E-state index contributed by atoms with van der Waals surface area (Å²) in [6, 6.07) is 12.3. The topological polar surface area (TPSA) is 102 Å². The van der Waals surface area contributed by atoms with E-state index in [9.17, 15) is 14.7 Å². The third-order valence-electron chi connectivity index (χ3n) is 4.97. The van der Waals surface area contributed by atoms with Crippen molar-refractivity contribution in [2.75, 3.05) is 12.0 Å². The van der Waals surface area contributed by atoms with Crippen LogP contribution in [-0.2, 0) is 22.7 Å². The molecule has 1 aromatic heterocycles. The van der Waals surface area contributed by atoms with Crippen LogP contribution in [0.15, 0.2) is 59.5 Å². The van der Waals surface area contributed by atoms with E-state index in [1.165, 1.54) is 6.39 Å². The van der Waals surface area contributed by atoms with Crippen molar-refractivity contribution in [1.82, 2.24) is 10.3 Å². The van der Waals surface area contributed by atoms with Crippen LogP contribution in [0.1, 0.15) is 33.7 Å². The molecule has 0 saturated carbocycles. The number of rotatable bonds is 11. The molecule has 3 aromatic rings. The molecule has 7 nitrogen and oxygen atoms in total. The van der Waals surface area contributed by atoms with Gasteiger partial charge in [-0.25, -0.2) is 9.78 Å². The fourth-order valence-electron chi connectivity index (χ4n) is 3.29. The Morgan fingerprint density at radius 2 is 1.97 bits per heavy atom. The number of carboxylic acid groups (broad SMARTS) is 1. The van der Waals surface area contributed by atoms with Gasteiger partial charge in [0.05, 0.1) is 12.8 Å². The second-order valence-electron chi connectivity index (χ2n) is 7.30. The van der Waals surface area contributed by atoms with Crippen molar-refractivity contribution in [2.24, 2.45) is 0 Å². The van der Waals surface area contributed by atoms with E-state index in [0.29, 0.717) is 30.1 Å². The van der Waals surface area contributed by atoms with Crippen LogP contribution in [0.5, 0.6) is 0 Å². The number of hydrogen-bond donors (Lipinski definition) is 2. The molecule has 2 aromatic carbocycles. The van der Waals surface area contributed by atoms with Crippen molar-refractivity contribution in [3.63, 3.8) is 0 Å². The van der Waals surface area contributed by atoms with Crippen LogP contribution in [-0.4, -0.2) is 58.9 Å². The summed E-state index contributed by atoms with van der Waals surface area (Å²) in [7, 11) is 0. The normalized spacial score (nSPS) is 11.5. The maximum atomic E-state index is 13.1. The number of aliphatic carboxylic acids is 1. The Morgan fingerprint density at radius 3 is 2.64 bits per heavy atom. The Hall–Kier alpha value is -2.50. The molecule has 0 aliphatic carbocycles. The zero-order chi connectivity index (χ0) is 22.9. The number of nitrogens with one attached hydrogen (secondary N) is 1. The third kappa shape index (κ3) is 7.51. The zero-order valence-electron chi connectivity index (χ0n) is 18.0. The van der Waals surface area contributed by atoms with Gasteiger partial charge in [-0.15, -0.1) is 0 Å². The van der Waals surface area contributed by atoms with Crippen LogP contribution in [0.4, 0.5) is 0 Å². The minimum atomic E-state index is -1.04. The van der Waals surface area contributed by atoms with Crippen LogP contribution in [0, 0.1) is 6.92 Å². The number of thioether (sulfide) groups is 1. The van der Waals surface area contributed by atoms with Gasteiger partial charge in [0.25, 0.3) is 5.91 Å². The standard InChI is InChI=1S/C24H26N2O5S.Li.H/c1-16-5-3-4-6-19(16)21-11-17(13-30-14-18-12-25-15-31-18)7-8-20(21)23(27)26-22(24(28)29)9-10-32-2;;/h3-8,11-12,15,22H,9-10,13-14H2,1-2H3,(H,26,27)(H,28,29);;/t22-;;/m0../s1. The first kappa shape index (κ1) is 26.7. The summed E-state index contributed by atoms with van der Waals surface area (Å²) in [5.41, 5.74) is 3.96. The number of carbonyl (C=O) groups excluding carboxylic acids is 1. The van der Waals surface area contributed by atoms with Crippen molar-refractivity contribution in [2.45, 2.75) is 32.6 Å². The Kier molecular flexibility index (Phi) is 10.8. The van der Waals surface area contributed by atoms with Gasteiger partial charge in [0.1, 0.15) is 18.4 Å². The van der Waals surface area contributed by atoms with Crippen LogP contribution in [0.2, 0.25) is 0 Å². The molecule has 0 unspecified atom stereocenters. The average Bonchev–Trinajstić information content (AvgIpc) is 3.30. The van der Waals surface area contributed by atoms with Gasteiger partial charge in [-0.05, 0) is 59.7 Å². The maximum absolute atomic E-state index is 13.1. The minimum absolute atomic E-state index is 0. The van der Waals surface area contributed by atoms with Gasteiger partial charge in [0.15, 0.2) is 6.39 Å². The van der Waals surface area contributed by atoms with Crippen LogP contribution < -0.4 is 5.32 Å². The van der Waals surface area contributed by atoms with Crippen LogP contribution in [0.25, 0.3) is 11.1 Å². The molecule has 170 valence electrons. The van der Waals surface area contributed by atoms with Crippen molar-refractivity contribution in [3.8, 4) is 11.1 Å². The summed E-state index contributed by atoms with van der Waals surface area (Å²) in [5, 5.41) is 12.2. The van der Waals surface area contributed by atoms with E-state index in [-0.39, 0.29) is 25.5 Å². The molecule has 0 fully saturated rings. The third-order valence-corrected chi connectivity index (χ3v) is 5.62. The number of aromatic nitrogens is 1. The first-order chi connectivity index (χ1) is 15.5. The van der Waals surface area contributed by atoms with Crippen molar-refractivity contribution < 1.29 is 23.8 Å². The average molecular weight is 462 g/mol. The fourth-order valence-corrected chi connectivity index (χ4v) is 3.76. The number of nitrogens with zero attached hydrogens (tertiary/aromatic N) is 1. The van der Waals surface area contributed by atoms with Crippen molar-refractivity contribution in [1.29, 1.82) is 0 Å². The Labute approximate surface area is 209 Å². The van der Waals surface area contributed by atoms with Gasteiger partial charge in [0, 0.05) is 5.56 Å². The van der Waals surface area contributed by atoms with Gasteiger partial charge in [-0.2, -0.15) is 11.8 Å². The SMILES string of the molecule is CSCC[C@H](NC(=O)c1ccc(COCc2cnco2)cc1-c1ccccc1C)C(=O)O.[LiH]. The Morgan fingerprint density at radius 1 is 1.18 bits per heavy atom. The van der Waals surface area contributed by atoms with E-state index in [0.717, 1.165) is 22.3 Å². The predicted molar refractivity (Wildman–Crippen MR) is 131 cm³/mol. The zero-order valence-corrected chi connectivity index (χ0v) is 18.9. The molecular formula is C24H27LiN2O5S. The molecule has 2 N–H and O–H groups in total. The Bertz CT molecular complexity index is 1060. The second kappa shape index (κ2) is 13.3. The molecule has 1 atom stereocenters. The summed E-state index contributed by atoms with van der Waals surface area (Å²) in [6.45, 7) is 2.59. The number of carboxylic acids is 1. The molecule has 0 saturated heterocycles. The van der Waals surface area contributed by atoms with Gasteiger partial charge in [0.2, 0.25) is 0 Å². The first-order valence-corrected chi connectivity index (χ1v) is 11.6. The number of ether oxygens (including phenoxy) is 1. The summed E-state index contributed by atoms with van der Waals surface area (Å²) in [6.07, 6.45) is 5.21. The number of carbonyl (C=O) groups is 2. The molecule has 1 amide bonds. The number of oxazole rings is 1. The molecule has 33 heavy (non-hydrogen) atoms. The number of aryl methyl sites for hydroxylation is 1. The molecule has 0 spiro atoms. The quantitative estimate of drug-likeness (QED) is 0.420. The van der Waals surface area contributed by atoms with E-state index < -0.39 is 17.9 Å². The van der Waals surface area contributed by atoms with Gasteiger partial charge in [-0.1, -0.05) is 30.3 Å². The fraction of sp³-hybridized carbons (Fsp3) is 0.292. The summed E-state index contributed by atoms with van der Waals surface area (Å²) >= 11 is 1.54. The van der Waals surface area contributed by atoms with E-state index >= 15 is 0 Å². The molecular weight excluding hydrogens is 435 g/mol. The van der Waals surface area contributed by atoms with E-state index in [1.807, 2.05) is 49.6 Å². The molecule has 0 radical (unpaired) electrons. The van der Waals surface area contributed by atoms with Crippen LogP contribution >= 0.6 is 11.8 Å².